The summed E-state index contributed by atoms with van der Waals surface area (Å²) in [6, 6.07) is 4.50. The summed E-state index contributed by atoms with van der Waals surface area (Å²) in [6.45, 7) is 5.30. The monoisotopic (exact) mass is 300 g/mol. The van der Waals surface area contributed by atoms with Gasteiger partial charge in [-0.2, -0.15) is 13.2 Å². The van der Waals surface area contributed by atoms with Gasteiger partial charge in [-0.1, -0.05) is 19.4 Å². The van der Waals surface area contributed by atoms with Crippen molar-refractivity contribution in [1.29, 1.82) is 0 Å². The lowest BCUT2D eigenvalue weighted by atomic mass is 10.0. The maximum atomic E-state index is 13.3. The zero-order chi connectivity index (χ0) is 15.6. The predicted molar refractivity (Wildman–Crippen MR) is 79.4 cm³/mol. The van der Waals surface area contributed by atoms with Crippen molar-refractivity contribution < 1.29 is 13.2 Å². The van der Waals surface area contributed by atoms with Crippen LogP contribution in [0, 0.1) is 5.92 Å². The van der Waals surface area contributed by atoms with Gasteiger partial charge in [-0.05, 0) is 43.4 Å². The fraction of sp³-hybridized carbons (Fsp3) is 0.625. The van der Waals surface area contributed by atoms with E-state index in [-0.39, 0.29) is 6.04 Å². The highest BCUT2D eigenvalue weighted by Gasteiger charge is 2.36. The van der Waals surface area contributed by atoms with Crippen molar-refractivity contribution in [3.05, 3.63) is 29.3 Å². The third kappa shape index (κ3) is 3.90. The highest BCUT2D eigenvalue weighted by molar-refractivity contribution is 5.57. The maximum absolute atomic E-state index is 13.3. The van der Waals surface area contributed by atoms with Gasteiger partial charge in [-0.3, -0.25) is 0 Å². The van der Waals surface area contributed by atoms with E-state index in [1.54, 1.807) is 19.1 Å². The second kappa shape index (κ2) is 6.26. The number of anilines is 1. The lowest BCUT2D eigenvalue weighted by molar-refractivity contribution is -0.137. The highest BCUT2D eigenvalue weighted by atomic mass is 19.4. The van der Waals surface area contributed by atoms with Crippen LogP contribution in [0.15, 0.2) is 18.2 Å². The SMILES string of the molecule is CCC1CCN(c2ccc(CC(C)N)cc2C(F)(F)F)C1. The molecule has 1 heterocycles. The van der Waals surface area contributed by atoms with Gasteiger partial charge in [0.1, 0.15) is 0 Å². The molecule has 1 saturated heterocycles. The lowest BCUT2D eigenvalue weighted by Gasteiger charge is -2.24. The standard InChI is InChI=1S/C16H23F3N2/c1-3-12-6-7-21(10-12)15-5-4-13(8-11(2)20)9-14(15)16(17,18)19/h4-5,9,11-12H,3,6-8,10,20H2,1-2H3. The van der Waals surface area contributed by atoms with E-state index in [0.29, 0.717) is 36.7 Å². The van der Waals surface area contributed by atoms with Crippen LogP contribution in [0.1, 0.15) is 37.8 Å². The summed E-state index contributed by atoms with van der Waals surface area (Å²) in [5.74, 6) is 0.495. The topological polar surface area (TPSA) is 29.3 Å². The molecule has 2 rings (SSSR count). The van der Waals surface area contributed by atoms with E-state index >= 15 is 0 Å². The van der Waals surface area contributed by atoms with Gasteiger partial charge >= 0.3 is 6.18 Å². The minimum atomic E-state index is -4.33. The summed E-state index contributed by atoms with van der Waals surface area (Å²) in [4.78, 5) is 1.87. The van der Waals surface area contributed by atoms with Gasteiger partial charge in [0.05, 0.1) is 5.56 Å². The molecule has 2 N–H and O–H groups in total. The van der Waals surface area contributed by atoms with Gasteiger partial charge in [0.2, 0.25) is 0 Å². The van der Waals surface area contributed by atoms with Crippen LogP contribution in [0.4, 0.5) is 18.9 Å². The molecule has 0 amide bonds. The summed E-state index contributed by atoms with van der Waals surface area (Å²) in [5, 5.41) is 0. The number of nitrogens with two attached hydrogens (primary N) is 1. The summed E-state index contributed by atoms with van der Waals surface area (Å²) >= 11 is 0. The Morgan fingerprint density at radius 3 is 2.62 bits per heavy atom. The Kier molecular flexibility index (Phi) is 4.81. The Bertz CT molecular complexity index is 483. The first-order chi connectivity index (χ1) is 9.81. The molecule has 1 aromatic rings. The first-order valence-electron chi connectivity index (χ1n) is 7.52. The number of halogens is 3. The molecule has 2 unspecified atom stereocenters. The molecule has 2 atom stereocenters. The van der Waals surface area contributed by atoms with E-state index in [1.165, 1.54) is 6.07 Å². The number of alkyl halides is 3. The van der Waals surface area contributed by atoms with Crippen LogP contribution in [-0.2, 0) is 12.6 Å². The van der Waals surface area contributed by atoms with Crippen molar-refractivity contribution >= 4 is 5.69 Å². The molecule has 0 radical (unpaired) electrons. The Morgan fingerprint density at radius 2 is 2.10 bits per heavy atom. The third-order valence-corrected chi connectivity index (χ3v) is 4.13. The molecule has 5 heteroatoms. The number of benzene rings is 1. The Labute approximate surface area is 124 Å². The van der Waals surface area contributed by atoms with Crippen molar-refractivity contribution in [3.63, 3.8) is 0 Å². The molecule has 1 aliphatic heterocycles. The van der Waals surface area contributed by atoms with Gasteiger partial charge < -0.3 is 10.6 Å². The fourth-order valence-electron chi connectivity index (χ4n) is 2.97. The van der Waals surface area contributed by atoms with Gasteiger partial charge in [-0.15, -0.1) is 0 Å². The predicted octanol–water partition coefficient (Wildman–Crippen LogP) is 3.83. The van der Waals surface area contributed by atoms with Crippen LogP contribution in [-0.4, -0.2) is 19.1 Å². The van der Waals surface area contributed by atoms with Gasteiger partial charge in [0.15, 0.2) is 0 Å². The van der Waals surface area contributed by atoms with Crippen LogP contribution in [0.25, 0.3) is 0 Å². The van der Waals surface area contributed by atoms with Crippen molar-refractivity contribution in [2.75, 3.05) is 18.0 Å². The number of rotatable bonds is 4. The molecular weight excluding hydrogens is 277 g/mol. The van der Waals surface area contributed by atoms with Crippen molar-refractivity contribution in [2.24, 2.45) is 11.7 Å². The molecule has 118 valence electrons. The van der Waals surface area contributed by atoms with Crippen LogP contribution >= 0.6 is 0 Å². The first kappa shape index (κ1) is 16.1. The molecule has 21 heavy (non-hydrogen) atoms. The van der Waals surface area contributed by atoms with Crippen molar-refractivity contribution in [3.8, 4) is 0 Å². The average Bonchev–Trinajstić information content (AvgIpc) is 2.85. The zero-order valence-electron chi connectivity index (χ0n) is 12.6. The van der Waals surface area contributed by atoms with Crippen LogP contribution in [0.5, 0.6) is 0 Å². The Hall–Kier alpha value is -1.23. The fourth-order valence-corrected chi connectivity index (χ4v) is 2.97. The summed E-state index contributed by atoms with van der Waals surface area (Å²) in [7, 11) is 0. The zero-order valence-corrected chi connectivity index (χ0v) is 12.6. The largest absolute Gasteiger partial charge is 0.418 e. The number of hydrogen-bond acceptors (Lipinski definition) is 2. The van der Waals surface area contributed by atoms with Gasteiger partial charge in [0.25, 0.3) is 0 Å². The molecule has 0 bridgehead atoms. The van der Waals surface area contributed by atoms with E-state index in [9.17, 15) is 13.2 Å². The minimum Gasteiger partial charge on any atom is -0.371 e. The van der Waals surface area contributed by atoms with E-state index < -0.39 is 11.7 Å². The molecule has 0 spiro atoms. The van der Waals surface area contributed by atoms with Crippen LogP contribution in [0.2, 0.25) is 0 Å². The second-order valence-electron chi connectivity index (χ2n) is 6.04. The third-order valence-electron chi connectivity index (χ3n) is 4.13. The summed E-state index contributed by atoms with van der Waals surface area (Å²) in [5.41, 5.74) is 6.12. The van der Waals surface area contributed by atoms with Crippen LogP contribution < -0.4 is 10.6 Å². The lowest BCUT2D eigenvalue weighted by Crippen LogP contribution is -2.24. The molecule has 1 fully saturated rings. The van der Waals surface area contributed by atoms with E-state index in [0.717, 1.165) is 12.8 Å². The molecular formula is C16H23F3N2. The van der Waals surface area contributed by atoms with E-state index in [2.05, 4.69) is 6.92 Å². The second-order valence-corrected chi connectivity index (χ2v) is 6.04. The number of nitrogens with zero attached hydrogens (tertiary/aromatic N) is 1. The molecule has 0 aromatic heterocycles. The molecule has 1 aliphatic rings. The molecule has 2 nitrogen and oxygen atoms in total. The molecule has 0 saturated carbocycles. The normalized spacial score (nSPS) is 20.9. The molecule has 0 aliphatic carbocycles. The Morgan fingerprint density at radius 1 is 1.38 bits per heavy atom. The smallest absolute Gasteiger partial charge is 0.371 e. The van der Waals surface area contributed by atoms with Crippen LogP contribution in [0.3, 0.4) is 0 Å². The van der Waals surface area contributed by atoms with Gasteiger partial charge in [0, 0.05) is 24.8 Å². The quantitative estimate of drug-likeness (QED) is 0.915. The van der Waals surface area contributed by atoms with E-state index in [1.807, 2.05) is 4.90 Å². The molecule has 1 aromatic carbocycles. The summed E-state index contributed by atoms with van der Waals surface area (Å²) < 4.78 is 40.0. The average molecular weight is 300 g/mol. The van der Waals surface area contributed by atoms with Crippen molar-refractivity contribution in [1.82, 2.24) is 0 Å². The summed E-state index contributed by atoms with van der Waals surface area (Å²) in [6.07, 6.45) is -1.88. The number of hydrogen-bond donors (Lipinski definition) is 1. The van der Waals surface area contributed by atoms with E-state index in [4.69, 9.17) is 5.73 Å². The maximum Gasteiger partial charge on any atom is 0.418 e. The Balaban J connectivity index is 2.32. The van der Waals surface area contributed by atoms with Crippen molar-refractivity contribution in [2.45, 2.75) is 45.3 Å². The highest BCUT2D eigenvalue weighted by Crippen LogP contribution is 2.39. The minimum absolute atomic E-state index is 0.145. The first-order valence-corrected chi connectivity index (χ1v) is 7.52. The van der Waals surface area contributed by atoms with Gasteiger partial charge in [-0.25, -0.2) is 0 Å².